The number of carboxylic acids is 1. The Kier molecular flexibility index (Phi) is 7.25. The molecule has 4 amide bonds. The Morgan fingerprint density at radius 2 is 2.03 bits per heavy atom. The molecule has 35 heavy (non-hydrogen) atoms. The monoisotopic (exact) mass is 518 g/mol. The first kappa shape index (κ1) is 24.5. The molecule has 4 rings (SSSR count). The zero-order valence-corrected chi connectivity index (χ0v) is 20.3. The van der Waals surface area contributed by atoms with E-state index in [1.54, 1.807) is 37.4 Å². The second kappa shape index (κ2) is 10.4. The van der Waals surface area contributed by atoms with Gasteiger partial charge in [-0.2, -0.15) is 0 Å². The van der Waals surface area contributed by atoms with Crippen LogP contribution in [-0.4, -0.2) is 84.0 Å². The average Bonchev–Trinajstić information content (AvgIpc) is 3.28. The van der Waals surface area contributed by atoms with E-state index in [2.05, 4.69) is 31.5 Å². The molecule has 0 bridgehead atoms. The number of carbonyl (C=O) groups excluding carboxylic acids is 3. The van der Waals surface area contributed by atoms with Crippen molar-refractivity contribution in [2.45, 2.75) is 22.6 Å². The van der Waals surface area contributed by atoms with Crippen LogP contribution in [0.15, 0.2) is 46.8 Å². The Morgan fingerprint density at radius 1 is 1.29 bits per heavy atom. The van der Waals surface area contributed by atoms with Crippen LogP contribution in [-0.2, 0) is 21.4 Å². The van der Waals surface area contributed by atoms with E-state index in [-0.39, 0.29) is 5.70 Å². The highest BCUT2D eigenvalue weighted by Gasteiger charge is 2.54. The third-order valence-corrected chi connectivity index (χ3v) is 7.84. The van der Waals surface area contributed by atoms with Crippen molar-refractivity contribution < 1.29 is 24.3 Å². The predicted octanol–water partition coefficient (Wildman–Crippen LogP) is -0.289. The van der Waals surface area contributed by atoms with Gasteiger partial charge in [0.1, 0.15) is 23.2 Å². The van der Waals surface area contributed by atoms with Crippen LogP contribution in [0.3, 0.4) is 0 Å². The summed E-state index contributed by atoms with van der Waals surface area (Å²) in [5.41, 5.74) is 1.01. The van der Waals surface area contributed by atoms with E-state index in [1.807, 2.05) is 0 Å². The van der Waals surface area contributed by atoms with E-state index in [0.717, 1.165) is 0 Å². The van der Waals surface area contributed by atoms with Crippen LogP contribution in [0.1, 0.15) is 11.6 Å². The predicted molar refractivity (Wildman–Crippen MR) is 126 cm³/mol. The largest absolute Gasteiger partial charge is 0.477 e. The number of fused-ring (bicyclic) bond motifs is 1. The zero-order valence-electron chi connectivity index (χ0n) is 18.7. The summed E-state index contributed by atoms with van der Waals surface area (Å²) in [6.45, 7) is 0. The number of rotatable bonds is 8. The molecule has 4 N–H and O–H groups in total. The number of thioether (sulfide) groups is 2. The summed E-state index contributed by atoms with van der Waals surface area (Å²) in [7, 11) is 3.10. The maximum atomic E-state index is 13.1. The lowest BCUT2D eigenvalue weighted by atomic mass is 10.0. The molecule has 3 atom stereocenters. The minimum atomic E-state index is -1.22. The van der Waals surface area contributed by atoms with Gasteiger partial charge >= 0.3 is 12.0 Å². The van der Waals surface area contributed by atoms with Crippen LogP contribution in [0.5, 0.6) is 0 Å². The number of urea groups is 1. The molecule has 2 aliphatic rings. The van der Waals surface area contributed by atoms with Crippen molar-refractivity contribution in [2.24, 2.45) is 7.05 Å². The summed E-state index contributed by atoms with van der Waals surface area (Å²) in [6.07, 6.45) is 0. The van der Waals surface area contributed by atoms with Crippen molar-refractivity contribution in [1.82, 2.24) is 41.1 Å². The summed E-state index contributed by atoms with van der Waals surface area (Å²) >= 11 is 2.63. The van der Waals surface area contributed by atoms with Gasteiger partial charge in [0.05, 0.1) is 0 Å². The van der Waals surface area contributed by atoms with Gasteiger partial charge in [-0.3, -0.25) is 14.5 Å². The van der Waals surface area contributed by atoms with Gasteiger partial charge in [-0.05, 0) is 21.6 Å². The number of amides is 4. The Morgan fingerprint density at radius 3 is 2.66 bits per heavy atom. The first-order valence-corrected chi connectivity index (χ1v) is 12.4. The number of aliphatic carboxylic acids is 1. The number of nitrogens with one attached hydrogen (secondary N) is 3. The quantitative estimate of drug-likeness (QED) is 0.269. The standard InChI is InChI=1S/C20H22N8O5S2/c1-21-19(33)23-12(10-6-4-3-5-7-10)15(29)22-13-16(30)28-14(18(31)32)11(8-34-17(13)28)9-35-20-24-25-26-27(20)2/h3-7,12-13,17H,8-9H2,1-2H3,(H,22,29)(H,31,32)(H2,21,23,33)/t12?,13?,17-/m0/s1. The molecule has 1 fully saturated rings. The lowest BCUT2D eigenvalue weighted by Gasteiger charge is -2.49. The van der Waals surface area contributed by atoms with E-state index < -0.39 is 41.3 Å². The summed E-state index contributed by atoms with van der Waals surface area (Å²) in [4.78, 5) is 51.2. The van der Waals surface area contributed by atoms with Gasteiger partial charge < -0.3 is 21.1 Å². The van der Waals surface area contributed by atoms with Gasteiger partial charge in [0, 0.05) is 25.6 Å². The molecule has 2 unspecified atom stereocenters. The third kappa shape index (κ3) is 4.95. The van der Waals surface area contributed by atoms with E-state index in [0.29, 0.717) is 27.8 Å². The summed E-state index contributed by atoms with van der Waals surface area (Å²) < 4.78 is 1.47. The number of nitrogens with zero attached hydrogens (tertiary/aromatic N) is 5. The number of β-lactam (4-membered cyclic amide) rings is 1. The molecular formula is C20H22N8O5S2. The molecular weight excluding hydrogens is 496 g/mol. The van der Waals surface area contributed by atoms with Gasteiger partial charge in [-0.15, -0.1) is 16.9 Å². The molecule has 0 aliphatic carbocycles. The van der Waals surface area contributed by atoms with Crippen molar-refractivity contribution in [2.75, 3.05) is 18.6 Å². The highest BCUT2D eigenvalue weighted by Crippen LogP contribution is 2.41. The first-order chi connectivity index (χ1) is 16.8. The molecule has 15 heteroatoms. The summed E-state index contributed by atoms with van der Waals surface area (Å²) in [5, 5.41) is 28.6. The fraction of sp³-hybridized carbons (Fsp3) is 0.350. The number of aryl methyl sites for hydroxylation is 1. The number of tetrazole rings is 1. The molecule has 184 valence electrons. The van der Waals surface area contributed by atoms with Crippen LogP contribution >= 0.6 is 23.5 Å². The maximum absolute atomic E-state index is 13.1. The third-order valence-electron chi connectivity index (χ3n) is 5.40. The normalized spacial score (nSPS) is 19.9. The fourth-order valence-corrected chi connectivity index (χ4v) is 6.01. The van der Waals surface area contributed by atoms with E-state index in [4.69, 9.17) is 0 Å². The zero-order chi connectivity index (χ0) is 25.1. The highest BCUT2D eigenvalue weighted by atomic mass is 32.2. The molecule has 1 saturated heterocycles. The molecule has 2 aromatic rings. The Hall–Kier alpha value is -3.59. The highest BCUT2D eigenvalue weighted by molar-refractivity contribution is 8.01. The lowest BCUT2D eigenvalue weighted by Crippen LogP contribution is -2.71. The Balaban J connectivity index is 1.49. The minimum absolute atomic E-state index is 0.0880. The molecule has 0 saturated carbocycles. The maximum Gasteiger partial charge on any atom is 0.352 e. The minimum Gasteiger partial charge on any atom is -0.477 e. The smallest absolute Gasteiger partial charge is 0.352 e. The second-order valence-electron chi connectivity index (χ2n) is 7.59. The number of hydrogen-bond acceptors (Lipinski definition) is 9. The Bertz CT molecular complexity index is 1190. The molecule has 0 spiro atoms. The molecule has 1 aromatic carbocycles. The average molecular weight is 519 g/mol. The van der Waals surface area contributed by atoms with Crippen molar-refractivity contribution in [3.8, 4) is 0 Å². The van der Waals surface area contributed by atoms with E-state index in [9.17, 15) is 24.3 Å². The van der Waals surface area contributed by atoms with E-state index >= 15 is 0 Å². The molecule has 13 nitrogen and oxygen atoms in total. The number of aromatic nitrogens is 4. The molecule has 1 aromatic heterocycles. The summed E-state index contributed by atoms with van der Waals surface area (Å²) in [5.74, 6) is -1.66. The number of hydrogen-bond donors (Lipinski definition) is 4. The van der Waals surface area contributed by atoms with Crippen molar-refractivity contribution in [1.29, 1.82) is 0 Å². The van der Waals surface area contributed by atoms with Crippen LogP contribution in [0, 0.1) is 0 Å². The summed E-state index contributed by atoms with van der Waals surface area (Å²) in [6, 6.07) is 6.10. The first-order valence-electron chi connectivity index (χ1n) is 10.4. The van der Waals surface area contributed by atoms with Gasteiger partial charge in [-0.1, -0.05) is 42.1 Å². The van der Waals surface area contributed by atoms with Crippen molar-refractivity contribution in [3.63, 3.8) is 0 Å². The lowest BCUT2D eigenvalue weighted by molar-refractivity contribution is -0.151. The topological polar surface area (TPSA) is 171 Å². The fourth-order valence-electron chi connectivity index (χ4n) is 3.68. The van der Waals surface area contributed by atoms with E-state index in [1.165, 1.54) is 40.2 Å². The SMILES string of the molecule is CNC(=O)NC(C(=O)NC1C(=O)N2C(C(=O)O)=C(CSc3nnnn3C)CS[C@@H]12)c1ccccc1. The molecule has 3 heterocycles. The van der Waals surface area contributed by atoms with Crippen molar-refractivity contribution in [3.05, 3.63) is 47.2 Å². The van der Waals surface area contributed by atoms with Crippen LogP contribution in [0.25, 0.3) is 0 Å². The van der Waals surface area contributed by atoms with Gasteiger partial charge in [-0.25, -0.2) is 14.3 Å². The Labute approximate surface area is 208 Å². The van der Waals surface area contributed by atoms with Crippen LogP contribution in [0.2, 0.25) is 0 Å². The number of benzene rings is 1. The molecule has 0 radical (unpaired) electrons. The van der Waals surface area contributed by atoms with Crippen LogP contribution < -0.4 is 16.0 Å². The number of carbonyl (C=O) groups is 4. The van der Waals surface area contributed by atoms with Gasteiger partial charge in [0.2, 0.25) is 11.1 Å². The molecule has 2 aliphatic heterocycles. The van der Waals surface area contributed by atoms with Crippen molar-refractivity contribution >= 4 is 47.3 Å². The number of carboxylic acid groups (broad SMARTS) is 1. The second-order valence-corrected chi connectivity index (χ2v) is 9.64. The van der Waals surface area contributed by atoms with Gasteiger partial charge in [0.25, 0.3) is 5.91 Å². The van der Waals surface area contributed by atoms with Gasteiger partial charge in [0.15, 0.2) is 0 Å². The van der Waals surface area contributed by atoms with Crippen LogP contribution in [0.4, 0.5) is 4.79 Å².